The second-order valence-electron chi connectivity index (χ2n) is 6.57. The third-order valence-electron chi connectivity index (χ3n) is 4.74. The summed E-state index contributed by atoms with van der Waals surface area (Å²) < 4.78 is 1.45. The Morgan fingerprint density at radius 3 is 3.00 bits per heavy atom. The van der Waals surface area contributed by atoms with Crippen molar-refractivity contribution in [2.45, 2.75) is 42.6 Å². The average molecular weight is 400 g/mol. The highest BCUT2D eigenvalue weighted by atomic mass is 32.2. The van der Waals surface area contributed by atoms with Crippen LogP contribution in [0.2, 0.25) is 0 Å². The molecule has 0 fully saturated rings. The average Bonchev–Trinajstić information content (AvgIpc) is 3.32. The maximum Gasteiger partial charge on any atom is 0.233 e. The predicted molar refractivity (Wildman–Crippen MR) is 109 cm³/mol. The molecule has 0 spiro atoms. The van der Waals surface area contributed by atoms with Gasteiger partial charge in [0.2, 0.25) is 11.1 Å². The lowest BCUT2D eigenvalue weighted by molar-refractivity contribution is -0.121. The van der Waals surface area contributed by atoms with Crippen molar-refractivity contribution in [3.05, 3.63) is 52.9 Å². The molecule has 140 valence electrons. The maximum absolute atomic E-state index is 12.7. The zero-order valence-electron chi connectivity index (χ0n) is 15.0. The van der Waals surface area contributed by atoms with E-state index >= 15 is 0 Å². The summed E-state index contributed by atoms with van der Waals surface area (Å²) >= 11 is 2.88. The van der Waals surface area contributed by atoms with Crippen molar-refractivity contribution in [2.75, 3.05) is 5.84 Å². The summed E-state index contributed by atoms with van der Waals surface area (Å²) in [6.07, 6.45) is 3.13. The number of nitrogens with two attached hydrogens (primary N) is 1. The molecule has 0 unspecified atom stereocenters. The third-order valence-corrected chi connectivity index (χ3v) is 6.67. The van der Waals surface area contributed by atoms with Crippen molar-refractivity contribution in [1.82, 2.24) is 20.2 Å². The lowest BCUT2D eigenvalue weighted by atomic mass is 9.88. The summed E-state index contributed by atoms with van der Waals surface area (Å²) in [5, 5.41) is 13.7. The molecular formula is C19H21N5OS2. The van der Waals surface area contributed by atoms with E-state index < -0.39 is 0 Å². The number of benzene rings is 1. The number of thioether (sulfide) groups is 1. The van der Waals surface area contributed by atoms with E-state index in [1.54, 1.807) is 11.3 Å². The van der Waals surface area contributed by atoms with E-state index in [4.69, 9.17) is 5.84 Å². The Hall–Kier alpha value is -2.32. The third kappa shape index (κ3) is 3.72. The monoisotopic (exact) mass is 399 g/mol. The normalized spacial score (nSPS) is 17.3. The smallest absolute Gasteiger partial charge is 0.233 e. The number of amides is 1. The van der Waals surface area contributed by atoms with Crippen LogP contribution in [-0.4, -0.2) is 26.0 Å². The van der Waals surface area contributed by atoms with Crippen molar-refractivity contribution in [1.29, 1.82) is 0 Å². The number of aryl methyl sites for hydroxylation is 1. The number of aromatic nitrogens is 3. The molecule has 0 aliphatic heterocycles. The van der Waals surface area contributed by atoms with Crippen LogP contribution in [-0.2, 0) is 11.2 Å². The SMILES string of the molecule is C[C@H](Sc1nnc(-c2cccs2)n1N)C(=O)N[C@H]1CCCc2ccccc21. The number of thiophene rings is 1. The topological polar surface area (TPSA) is 85.8 Å². The Morgan fingerprint density at radius 1 is 1.33 bits per heavy atom. The van der Waals surface area contributed by atoms with Gasteiger partial charge in [-0.05, 0) is 48.8 Å². The van der Waals surface area contributed by atoms with Crippen molar-refractivity contribution >= 4 is 29.0 Å². The van der Waals surface area contributed by atoms with Crippen LogP contribution in [0, 0.1) is 0 Å². The van der Waals surface area contributed by atoms with Crippen molar-refractivity contribution in [3.63, 3.8) is 0 Å². The number of nitrogen functional groups attached to an aromatic ring is 1. The summed E-state index contributed by atoms with van der Waals surface area (Å²) in [5.41, 5.74) is 2.56. The molecule has 1 aliphatic carbocycles. The van der Waals surface area contributed by atoms with Gasteiger partial charge in [-0.3, -0.25) is 4.79 Å². The molecule has 27 heavy (non-hydrogen) atoms. The van der Waals surface area contributed by atoms with Crippen LogP contribution in [0.25, 0.3) is 10.7 Å². The van der Waals surface area contributed by atoms with Gasteiger partial charge < -0.3 is 11.2 Å². The van der Waals surface area contributed by atoms with E-state index in [9.17, 15) is 4.79 Å². The Balaban J connectivity index is 1.44. The van der Waals surface area contributed by atoms with Crippen LogP contribution in [0.1, 0.15) is 36.9 Å². The quantitative estimate of drug-likeness (QED) is 0.507. The zero-order valence-corrected chi connectivity index (χ0v) is 16.6. The van der Waals surface area contributed by atoms with Gasteiger partial charge in [-0.15, -0.1) is 21.5 Å². The van der Waals surface area contributed by atoms with Gasteiger partial charge in [-0.25, -0.2) is 4.68 Å². The molecule has 3 aromatic rings. The van der Waals surface area contributed by atoms with Gasteiger partial charge in [0.15, 0.2) is 5.82 Å². The van der Waals surface area contributed by atoms with Crippen LogP contribution in [0.5, 0.6) is 0 Å². The van der Waals surface area contributed by atoms with Crippen LogP contribution in [0.4, 0.5) is 0 Å². The zero-order chi connectivity index (χ0) is 18.8. The number of carbonyl (C=O) groups is 1. The highest BCUT2D eigenvalue weighted by Gasteiger charge is 2.25. The van der Waals surface area contributed by atoms with E-state index in [0.29, 0.717) is 11.0 Å². The second kappa shape index (κ2) is 7.74. The first kappa shape index (κ1) is 18.1. The van der Waals surface area contributed by atoms with Crippen LogP contribution >= 0.6 is 23.1 Å². The molecule has 2 atom stereocenters. The van der Waals surface area contributed by atoms with Gasteiger partial charge in [0.1, 0.15) is 0 Å². The van der Waals surface area contributed by atoms with Gasteiger partial charge in [0.25, 0.3) is 0 Å². The predicted octanol–water partition coefficient (Wildman–Crippen LogP) is 3.39. The number of hydrogen-bond donors (Lipinski definition) is 2. The minimum atomic E-state index is -0.318. The minimum Gasteiger partial charge on any atom is -0.348 e. The van der Waals surface area contributed by atoms with Crippen LogP contribution in [0.3, 0.4) is 0 Å². The van der Waals surface area contributed by atoms with Crippen molar-refractivity contribution < 1.29 is 4.79 Å². The second-order valence-corrected chi connectivity index (χ2v) is 8.82. The molecule has 2 heterocycles. The van der Waals surface area contributed by atoms with Crippen LogP contribution in [0.15, 0.2) is 46.9 Å². The van der Waals surface area contributed by atoms with Crippen molar-refractivity contribution in [2.24, 2.45) is 0 Å². The number of hydrogen-bond acceptors (Lipinski definition) is 6. The Bertz CT molecular complexity index is 937. The molecule has 1 aromatic carbocycles. The molecule has 1 amide bonds. The Kier molecular flexibility index (Phi) is 5.18. The fraction of sp³-hybridized carbons (Fsp3) is 0.316. The van der Waals surface area contributed by atoms with Gasteiger partial charge in [-0.1, -0.05) is 42.1 Å². The molecule has 1 aliphatic rings. The van der Waals surface area contributed by atoms with E-state index in [0.717, 1.165) is 24.1 Å². The minimum absolute atomic E-state index is 0.0117. The summed E-state index contributed by atoms with van der Waals surface area (Å²) in [5.74, 6) is 6.74. The number of rotatable bonds is 5. The largest absolute Gasteiger partial charge is 0.348 e. The standard InChI is InChI=1S/C19H21N5OS2/c1-12(27-19-23-22-17(24(19)20)16-10-5-11-26-16)18(25)21-15-9-4-7-13-6-2-3-8-14(13)15/h2-3,5-6,8,10-12,15H,4,7,9,20H2,1H3,(H,21,25)/t12-,15-/m0/s1. The molecule has 3 N–H and O–H groups in total. The van der Waals surface area contributed by atoms with Crippen molar-refractivity contribution in [3.8, 4) is 10.7 Å². The van der Waals surface area contributed by atoms with E-state index in [2.05, 4.69) is 33.7 Å². The highest BCUT2D eigenvalue weighted by molar-refractivity contribution is 8.00. The number of carbonyl (C=O) groups excluding carboxylic acids is 1. The summed E-state index contributed by atoms with van der Waals surface area (Å²) in [6, 6.07) is 12.3. The fourth-order valence-electron chi connectivity index (χ4n) is 3.34. The summed E-state index contributed by atoms with van der Waals surface area (Å²) in [6.45, 7) is 1.87. The van der Waals surface area contributed by atoms with E-state index in [1.807, 2.05) is 30.5 Å². The van der Waals surface area contributed by atoms with Gasteiger partial charge >= 0.3 is 0 Å². The van der Waals surface area contributed by atoms with E-state index in [1.165, 1.54) is 27.6 Å². The molecule has 0 bridgehead atoms. The molecule has 6 nitrogen and oxygen atoms in total. The van der Waals surface area contributed by atoms with Gasteiger partial charge in [-0.2, -0.15) is 0 Å². The molecule has 4 rings (SSSR count). The molecule has 0 radical (unpaired) electrons. The first-order valence-corrected chi connectivity index (χ1v) is 10.7. The maximum atomic E-state index is 12.7. The number of nitrogens with zero attached hydrogens (tertiary/aromatic N) is 3. The Labute approximate surface area is 166 Å². The molecule has 0 saturated heterocycles. The lowest BCUT2D eigenvalue weighted by Crippen LogP contribution is -2.36. The summed E-state index contributed by atoms with van der Waals surface area (Å²) in [7, 11) is 0. The molecule has 0 saturated carbocycles. The first-order valence-electron chi connectivity index (χ1n) is 8.92. The Morgan fingerprint density at radius 2 is 2.19 bits per heavy atom. The first-order chi connectivity index (χ1) is 13.1. The number of fused-ring (bicyclic) bond motifs is 1. The number of nitrogens with one attached hydrogen (secondary N) is 1. The fourth-order valence-corrected chi connectivity index (χ4v) is 4.82. The highest BCUT2D eigenvalue weighted by Crippen LogP contribution is 2.31. The van der Waals surface area contributed by atoms with Gasteiger partial charge in [0.05, 0.1) is 16.2 Å². The molecule has 2 aromatic heterocycles. The lowest BCUT2D eigenvalue weighted by Gasteiger charge is -2.27. The van der Waals surface area contributed by atoms with E-state index in [-0.39, 0.29) is 17.2 Å². The van der Waals surface area contributed by atoms with Crippen LogP contribution < -0.4 is 11.2 Å². The molecular weight excluding hydrogens is 378 g/mol. The van der Waals surface area contributed by atoms with Gasteiger partial charge in [0, 0.05) is 0 Å². The molecule has 8 heteroatoms. The summed E-state index contributed by atoms with van der Waals surface area (Å²) in [4.78, 5) is 13.7.